The summed E-state index contributed by atoms with van der Waals surface area (Å²) in [6.07, 6.45) is -0.532. The van der Waals surface area contributed by atoms with Crippen LogP contribution >= 0.6 is 11.6 Å². The first-order valence-electron chi connectivity index (χ1n) is 12.6. The fourth-order valence-corrected chi connectivity index (χ4v) is 4.75. The van der Waals surface area contributed by atoms with Gasteiger partial charge in [0.1, 0.15) is 18.5 Å². The second-order valence-electron chi connectivity index (χ2n) is 9.22. The third kappa shape index (κ3) is 5.10. The standard InChI is InChI=1S/C28H23ClFN7O3/c29-20-7-4-8-21-23(20)25-34-24(18-9-11-19(30)12-10-18)35-37(25)27(32-21)33-22-15-36(14-13-31-26(22)38)28(39)40-16-17-5-2-1-3-6-17/h1-12,22H,13-16H2,(H,31,38)(H,32,33). The third-order valence-corrected chi connectivity index (χ3v) is 6.83. The number of halogens is 2. The molecule has 2 amide bonds. The first-order chi connectivity index (χ1) is 19.5. The lowest BCUT2D eigenvalue weighted by Crippen LogP contribution is -2.44. The number of aromatic nitrogens is 4. The van der Waals surface area contributed by atoms with Crippen molar-refractivity contribution in [2.75, 3.05) is 25.0 Å². The second kappa shape index (κ2) is 10.8. The van der Waals surface area contributed by atoms with Crippen LogP contribution in [0.15, 0.2) is 72.8 Å². The van der Waals surface area contributed by atoms with Crippen LogP contribution in [0.4, 0.5) is 15.1 Å². The first kappa shape index (κ1) is 25.5. The molecule has 1 atom stereocenters. The molecule has 0 radical (unpaired) electrons. The van der Waals surface area contributed by atoms with Crippen molar-refractivity contribution in [1.82, 2.24) is 29.8 Å². The maximum Gasteiger partial charge on any atom is 0.410 e. The number of fused-ring (bicyclic) bond motifs is 3. The van der Waals surface area contributed by atoms with Crippen molar-refractivity contribution in [3.63, 3.8) is 0 Å². The van der Waals surface area contributed by atoms with E-state index in [1.165, 1.54) is 21.5 Å². The molecule has 10 nitrogen and oxygen atoms in total. The summed E-state index contributed by atoms with van der Waals surface area (Å²) in [5.74, 6) is -0.131. The smallest absolute Gasteiger partial charge is 0.410 e. The predicted octanol–water partition coefficient (Wildman–Crippen LogP) is 4.29. The normalized spacial score (nSPS) is 15.6. The van der Waals surface area contributed by atoms with E-state index in [4.69, 9.17) is 16.3 Å². The van der Waals surface area contributed by atoms with Crippen LogP contribution < -0.4 is 10.6 Å². The Balaban J connectivity index is 1.32. The highest BCUT2D eigenvalue weighted by atomic mass is 35.5. The van der Waals surface area contributed by atoms with E-state index in [2.05, 4.69) is 25.7 Å². The average molecular weight is 560 g/mol. The number of amides is 2. The van der Waals surface area contributed by atoms with Crippen molar-refractivity contribution in [3.05, 3.63) is 89.2 Å². The number of carbonyl (C=O) groups is 2. The number of ether oxygens (including phenoxy) is 1. The Bertz CT molecular complexity index is 1710. The third-order valence-electron chi connectivity index (χ3n) is 6.52. The molecule has 0 spiro atoms. The van der Waals surface area contributed by atoms with E-state index in [0.29, 0.717) is 33.0 Å². The summed E-state index contributed by atoms with van der Waals surface area (Å²) < 4.78 is 20.5. The lowest BCUT2D eigenvalue weighted by Gasteiger charge is -2.23. The Morgan fingerprint density at radius 3 is 2.67 bits per heavy atom. The Morgan fingerprint density at radius 1 is 1.07 bits per heavy atom. The predicted molar refractivity (Wildman–Crippen MR) is 147 cm³/mol. The largest absolute Gasteiger partial charge is 0.445 e. The van der Waals surface area contributed by atoms with Crippen molar-refractivity contribution < 1.29 is 18.7 Å². The number of carbonyl (C=O) groups excluding carboxylic acids is 2. The first-order valence-corrected chi connectivity index (χ1v) is 12.9. The highest BCUT2D eigenvalue weighted by Gasteiger charge is 2.30. The topological polar surface area (TPSA) is 114 Å². The molecule has 202 valence electrons. The molecule has 5 aromatic rings. The summed E-state index contributed by atoms with van der Waals surface area (Å²) in [4.78, 5) is 36.7. The number of hydrogen-bond acceptors (Lipinski definition) is 7. The molecule has 1 saturated heterocycles. The number of nitrogens with zero attached hydrogens (tertiary/aromatic N) is 5. The number of hydrogen-bond donors (Lipinski definition) is 2. The van der Waals surface area contributed by atoms with Gasteiger partial charge in [-0.15, -0.1) is 5.10 Å². The van der Waals surface area contributed by atoms with E-state index in [1.807, 2.05) is 30.3 Å². The van der Waals surface area contributed by atoms with Gasteiger partial charge < -0.3 is 20.3 Å². The van der Waals surface area contributed by atoms with Gasteiger partial charge in [0.05, 0.1) is 22.5 Å². The minimum atomic E-state index is -0.863. The lowest BCUT2D eigenvalue weighted by molar-refractivity contribution is -0.121. The minimum absolute atomic E-state index is 0.0374. The molecule has 6 rings (SSSR count). The highest BCUT2D eigenvalue weighted by Crippen LogP contribution is 2.29. The molecule has 1 aliphatic rings. The van der Waals surface area contributed by atoms with Crippen molar-refractivity contribution in [2.24, 2.45) is 0 Å². The van der Waals surface area contributed by atoms with Crippen molar-refractivity contribution in [2.45, 2.75) is 12.6 Å². The fraction of sp³-hybridized carbons (Fsp3) is 0.179. The number of nitrogens with one attached hydrogen (secondary N) is 2. The van der Waals surface area contributed by atoms with E-state index in [0.717, 1.165) is 5.56 Å². The van der Waals surface area contributed by atoms with Gasteiger partial charge in [0.25, 0.3) is 0 Å². The molecular weight excluding hydrogens is 537 g/mol. The molecule has 40 heavy (non-hydrogen) atoms. The summed E-state index contributed by atoms with van der Waals surface area (Å²) >= 11 is 6.52. The Morgan fingerprint density at radius 2 is 1.88 bits per heavy atom. The van der Waals surface area contributed by atoms with Gasteiger partial charge in [-0.3, -0.25) is 4.79 Å². The zero-order chi connectivity index (χ0) is 27.6. The molecule has 3 aromatic carbocycles. The quantitative estimate of drug-likeness (QED) is 0.330. The van der Waals surface area contributed by atoms with Gasteiger partial charge in [-0.1, -0.05) is 48.0 Å². The van der Waals surface area contributed by atoms with Crippen LogP contribution in [0.2, 0.25) is 5.02 Å². The van der Waals surface area contributed by atoms with E-state index in [9.17, 15) is 14.0 Å². The van der Waals surface area contributed by atoms with E-state index >= 15 is 0 Å². The zero-order valence-electron chi connectivity index (χ0n) is 21.1. The molecule has 12 heteroatoms. The van der Waals surface area contributed by atoms with Crippen LogP contribution in [0.5, 0.6) is 0 Å². The Hall–Kier alpha value is -4.77. The highest BCUT2D eigenvalue weighted by molar-refractivity contribution is 6.36. The van der Waals surface area contributed by atoms with Crippen LogP contribution in [-0.2, 0) is 16.1 Å². The molecule has 1 unspecified atom stereocenters. The molecule has 0 bridgehead atoms. The molecule has 0 saturated carbocycles. The van der Waals surface area contributed by atoms with Crippen molar-refractivity contribution in [3.8, 4) is 11.4 Å². The monoisotopic (exact) mass is 559 g/mol. The van der Waals surface area contributed by atoms with Gasteiger partial charge >= 0.3 is 6.09 Å². The summed E-state index contributed by atoms with van der Waals surface area (Å²) in [5.41, 5.74) is 2.40. The molecule has 3 heterocycles. The van der Waals surface area contributed by atoms with Crippen LogP contribution in [-0.4, -0.2) is 62.2 Å². The van der Waals surface area contributed by atoms with Crippen LogP contribution in [0.3, 0.4) is 0 Å². The van der Waals surface area contributed by atoms with E-state index in [1.54, 1.807) is 30.3 Å². The van der Waals surface area contributed by atoms with Crippen LogP contribution in [0, 0.1) is 5.82 Å². The lowest BCUT2D eigenvalue weighted by atomic mass is 10.2. The number of rotatable bonds is 5. The van der Waals surface area contributed by atoms with Gasteiger partial charge in [-0.2, -0.15) is 4.52 Å². The maximum absolute atomic E-state index is 13.5. The van der Waals surface area contributed by atoms with Gasteiger partial charge in [0, 0.05) is 18.7 Å². The minimum Gasteiger partial charge on any atom is -0.445 e. The van der Waals surface area contributed by atoms with Gasteiger partial charge in [0.2, 0.25) is 11.9 Å². The van der Waals surface area contributed by atoms with E-state index < -0.39 is 12.1 Å². The van der Waals surface area contributed by atoms with Gasteiger partial charge in [-0.05, 0) is 42.0 Å². The zero-order valence-corrected chi connectivity index (χ0v) is 21.8. The number of anilines is 1. The maximum atomic E-state index is 13.5. The van der Waals surface area contributed by atoms with E-state index in [-0.39, 0.29) is 43.9 Å². The van der Waals surface area contributed by atoms with Crippen LogP contribution in [0.25, 0.3) is 27.9 Å². The summed E-state index contributed by atoms with van der Waals surface area (Å²) in [5, 5.41) is 11.6. The molecule has 1 aliphatic heterocycles. The molecule has 2 aromatic heterocycles. The fourth-order valence-electron chi connectivity index (χ4n) is 4.50. The Labute approximate surface area is 232 Å². The van der Waals surface area contributed by atoms with Crippen LogP contribution in [0.1, 0.15) is 5.56 Å². The van der Waals surface area contributed by atoms with Crippen molar-refractivity contribution in [1.29, 1.82) is 0 Å². The molecule has 2 N–H and O–H groups in total. The molecule has 1 fully saturated rings. The average Bonchev–Trinajstić information content (AvgIpc) is 3.33. The SMILES string of the molecule is O=C1NCCN(C(=O)OCc2ccccc2)CC1Nc1nc2cccc(Cl)c2c2nc(-c3ccc(F)cc3)nn12. The summed E-state index contributed by atoms with van der Waals surface area (Å²) in [6.45, 7) is 0.710. The summed E-state index contributed by atoms with van der Waals surface area (Å²) in [6, 6.07) is 19.6. The molecule has 0 aliphatic carbocycles. The van der Waals surface area contributed by atoms with Gasteiger partial charge in [0.15, 0.2) is 11.5 Å². The molecular formula is C28H23ClFN7O3. The van der Waals surface area contributed by atoms with Gasteiger partial charge in [-0.25, -0.2) is 19.2 Å². The number of benzene rings is 3. The Kier molecular flexibility index (Phi) is 6.87. The van der Waals surface area contributed by atoms with Crippen molar-refractivity contribution >= 4 is 46.1 Å². The summed E-state index contributed by atoms with van der Waals surface area (Å²) in [7, 11) is 0. The second-order valence-corrected chi connectivity index (χ2v) is 9.63.